The molecule has 0 bridgehead atoms. The lowest BCUT2D eigenvalue weighted by atomic mass is 9.76. The van der Waals surface area contributed by atoms with Crippen molar-refractivity contribution in [1.82, 2.24) is 4.57 Å². The van der Waals surface area contributed by atoms with E-state index in [1.165, 1.54) is 107 Å². The van der Waals surface area contributed by atoms with Crippen molar-refractivity contribution < 1.29 is 0 Å². The summed E-state index contributed by atoms with van der Waals surface area (Å²) < 4.78 is 5.11. The third kappa shape index (κ3) is 5.28. The summed E-state index contributed by atoms with van der Waals surface area (Å²) in [6, 6.07) is 28.4. The Morgan fingerprint density at radius 2 is 1.29 bits per heavy atom. The van der Waals surface area contributed by atoms with E-state index in [1.807, 2.05) is 0 Å². The van der Waals surface area contributed by atoms with Crippen LogP contribution < -0.4 is 0 Å². The van der Waals surface area contributed by atoms with Crippen LogP contribution in [0.15, 0.2) is 72.8 Å². The highest BCUT2D eigenvalue weighted by molar-refractivity contribution is 14.1. The predicted molar refractivity (Wildman–Crippen MR) is 195 cm³/mol. The largest absolute Gasteiger partial charge is 0.309 e. The van der Waals surface area contributed by atoms with Gasteiger partial charge in [0.05, 0.1) is 11.0 Å². The van der Waals surface area contributed by atoms with Crippen molar-refractivity contribution in [3.63, 3.8) is 0 Å². The molecule has 1 heterocycles. The van der Waals surface area contributed by atoms with Gasteiger partial charge in [-0.1, -0.05) is 91.3 Å². The normalized spacial score (nSPS) is 16.5. The van der Waals surface area contributed by atoms with Crippen LogP contribution in [0.25, 0.3) is 38.6 Å². The van der Waals surface area contributed by atoms with Crippen LogP contribution in [-0.4, -0.2) is 4.57 Å². The summed E-state index contributed by atoms with van der Waals surface area (Å²) in [5.41, 5.74) is 11.2. The van der Waals surface area contributed by atoms with Crippen molar-refractivity contribution in [2.24, 2.45) is 0 Å². The molecule has 1 aliphatic rings. The molecule has 0 N–H and O–H groups in total. The molecule has 6 rings (SSSR count). The van der Waals surface area contributed by atoms with E-state index in [1.54, 1.807) is 0 Å². The number of hydrogen-bond donors (Lipinski definition) is 0. The molecular formula is C38H41I2N. The second-order valence-electron chi connectivity index (χ2n) is 13.2. The van der Waals surface area contributed by atoms with Crippen LogP contribution in [0.4, 0.5) is 0 Å². The zero-order chi connectivity index (χ0) is 28.9. The molecule has 4 aromatic carbocycles. The highest BCUT2D eigenvalue weighted by Crippen LogP contribution is 2.53. The van der Waals surface area contributed by atoms with Gasteiger partial charge in [0.25, 0.3) is 0 Å². The molecule has 0 aliphatic heterocycles. The minimum Gasteiger partial charge on any atom is -0.309 e. The highest BCUT2D eigenvalue weighted by atomic mass is 127. The van der Waals surface area contributed by atoms with Gasteiger partial charge in [-0.2, -0.15) is 0 Å². The lowest BCUT2D eigenvalue weighted by Crippen LogP contribution is -2.21. The van der Waals surface area contributed by atoms with Crippen molar-refractivity contribution in [2.75, 3.05) is 0 Å². The van der Waals surface area contributed by atoms with Crippen LogP contribution in [0, 0.1) is 7.14 Å². The molecule has 0 saturated heterocycles. The van der Waals surface area contributed by atoms with Gasteiger partial charge in [0.15, 0.2) is 0 Å². The Balaban J connectivity index is 1.54. The third-order valence-electron chi connectivity index (χ3n) is 9.35. The van der Waals surface area contributed by atoms with Crippen LogP contribution >= 0.6 is 45.2 Å². The summed E-state index contributed by atoms with van der Waals surface area (Å²) in [6.07, 6.45) is 9.18. The summed E-state index contributed by atoms with van der Waals surface area (Å²) in [5.74, 6) is 0. The second-order valence-corrected chi connectivity index (χ2v) is 15.7. The molecule has 0 saturated carbocycles. The van der Waals surface area contributed by atoms with Crippen molar-refractivity contribution in [3.05, 3.63) is 96.6 Å². The molecule has 1 aromatic heterocycles. The first kappa shape index (κ1) is 29.2. The quantitative estimate of drug-likeness (QED) is 0.110. The first-order chi connectivity index (χ1) is 19.6. The minimum absolute atomic E-state index is 0.0244. The third-order valence-corrected chi connectivity index (χ3v) is 10.7. The van der Waals surface area contributed by atoms with E-state index in [-0.39, 0.29) is 10.8 Å². The standard InChI is InChI=1S/C38H41I2N/c1-6-7-8-9-10-11-20-38(5)33-22-27(40)14-18-29(33)30-23-32-31-21-26(39)15-19-35(31)41(36(32)24-34(30)38)28-16-12-25(13-17-28)37(2,3)4/h12-19,21-24H,6-11,20H2,1-5H3. The molecule has 41 heavy (non-hydrogen) atoms. The van der Waals surface area contributed by atoms with E-state index in [0.29, 0.717) is 0 Å². The maximum Gasteiger partial charge on any atom is 0.0544 e. The number of halogens is 2. The lowest BCUT2D eigenvalue weighted by molar-refractivity contribution is 0.481. The Morgan fingerprint density at radius 3 is 2.02 bits per heavy atom. The van der Waals surface area contributed by atoms with Crippen molar-refractivity contribution >= 4 is 67.0 Å². The smallest absolute Gasteiger partial charge is 0.0544 e. The molecule has 3 heteroatoms. The number of hydrogen-bond acceptors (Lipinski definition) is 0. The average Bonchev–Trinajstić information content (AvgIpc) is 3.38. The number of nitrogens with zero attached hydrogens (tertiary/aromatic N) is 1. The van der Waals surface area contributed by atoms with Crippen molar-refractivity contribution in [1.29, 1.82) is 0 Å². The zero-order valence-corrected chi connectivity index (χ0v) is 29.4. The molecule has 0 fully saturated rings. The van der Waals surface area contributed by atoms with Gasteiger partial charge in [-0.25, -0.2) is 0 Å². The second kappa shape index (κ2) is 11.3. The van der Waals surface area contributed by atoms with Crippen LogP contribution in [0.1, 0.15) is 96.3 Å². The van der Waals surface area contributed by atoms with Gasteiger partial charge in [0.2, 0.25) is 0 Å². The van der Waals surface area contributed by atoms with Crippen molar-refractivity contribution in [3.8, 4) is 16.8 Å². The Kier molecular flexibility index (Phi) is 8.08. The SMILES string of the molecule is CCCCCCCCC1(C)c2cc(I)ccc2-c2cc3c4cc(I)ccc4n(-c4ccc(C(C)(C)C)cc4)c3cc21. The summed E-state index contributed by atoms with van der Waals surface area (Å²) in [6.45, 7) is 11.7. The number of benzene rings is 4. The molecule has 0 radical (unpaired) electrons. The Bertz CT molecular complexity index is 1740. The molecule has 212 valence electrons. The van der Waals surface area contributed by atoms with Gasteiger partial charge in [-0.15, -0.1) is 0 Å². The average molecular weight is 766 g/mol. The molecule has 0 amide bonds. The summed E-state index contributed by atoms with van der Waals surface area (Å²) in [7, 11) is 0. The first-order valence-corrected chi connectivity index (χ1v) is 17.5. The summed E-state index contributed by atoms with van der Waals surface area (Å²) in [5, 5.41) is 2.69. The Hall–Kier alpha value is -1.86. The zero-order valence-electron chi connectivity index (χ0n) is 25.1. The van der Waals surface area contributed by atoms with E-state index in [9.17, 15) is 0 Å². The molecule has 1 atom stereocenters. The van der Waals surface area contributed by atoms with Crippen LogP contribution in [-0.2, 0) is 10.8 Å². The summed E-state index contributed by atoms with van der Waals surface area (Å²) >= 11 is 4.96. The molecule has 1 aliphatic carbocycles. The maximum atomic E-state index is 2.55. The molecule has 1 unspecified atom stereocenters. The fraction of sp³-hybridized carbons (Fsp3) is 0.368. The van der Waals surface area contributed by atoms with Gasteiger partial charge in [0.1, 0.15) is 0 Å². The van der Waals surface area contributed by atoms with E-state index in [2.05, 4.69) is 157 Å². The topological polar surface area (TPSA) is 4.93 Å². The van der Waals surface area contributed by atoms with E-state index in [0.717, 1.165) is 0 Å². The monoisotopic (exact) mass is 765 g/mol. The van der Waals surface area contributed by atoms with E-state index < -0.39 is 0 Å². The van der Waals surface area contributed by atoms with Gasteiger partial charge in [-0.3, -0.25) is 0 Å². The molecule has 0 spiro atoms. The van der Waals surface area contributed by atoms with Gasteiger partial charge in [0, 0.05) is 29.0 Å². The number of aromatic nitrogens is 1. The Morgan fingerprint density at radius 1 is 0.659 bits per heavy atom. The minimum atomic E-state index is 0.0244. The first-order valence-electron chi connectivity index (χ1n) is 15.3. The fourth-order valence-corrected chi connectivity index (χ4v) is 7.97. The molecular weight excluding hydrogens is 724 g/mol. The maximum absolute atomic E-state index is 2.55. The predicted octanol–water partition coefficient (Wildman–Crippen LogP) is 12.3. The van der Waals surface area contributed by atoms with Crippen LogP contribution in [0.2, 0.25) is 0 Å². The number of unbranched alkanes of at least 4 members (excludes halogenated alkanes) is 5. The molecule has 1 nitrogen and oxygen atoms in total. The lowest BCUT2D eigenvalue weighted by Gasteiger charge is -2.28. The summed E-state index contributed by atoms with van der Waals surface area (Å²) in [4.78, 5) is 0. The number of rotatable bonds is 8. The van der Waals surface area contributed by atoms with Gasteiger partial charge < -0.3 is 4.57 Å². The van der Waals surface area contributed by atoms with E-state index in [4.69, 9.17) is 0 Å². The highest BCUT2D eigenvalue weighted by Gasteiger charge is 2.39. The molecule has 5 aromatic rings. The van der Waals surface area contributed by atoms with E-state index >= 15 is 0 Å². The van der Waals surface area contributed by atoms with Crippen LogP contribution in [0.5, 0.6) is 0 Å². The van der Waals surface area contributed by atoms with Gasteiger partial charge >= 0.3 is 0 Å². The van der Waals surface area contributed by atoms with Crippen molar-refractivity contribution in [2.45, 2.75) is 90.4 Å². The fourth-order valence-electron chi connectivity index (χ4n) is 6.99. The Labute approximate surface area is 273 Å². The van der Waals surface area contributed by atoms with Gasteiger partial charge in [-0.05, 0) is 139 Å². The van der Waals surface area contributed by atoms with Crippen LogP contribution in [0.3, 0.4) is 0 Å². The number of fused-ring (bicyclic) bond motifs is 6.